The van der Waals surface area contributed by atoms with Crippen molar-refractivity contribution < 1.29 is 9.47 Å². The average Bonchev–Trinajstić information content (AvgIpc) is 2.80. The van der Waals surface area contributed by atoms with Crippen LogP contribution in [0, 0.1) is 0 Å². The van der Waals surface area contributed by atoms with Crippen LogP contribution >= 0.6 is 0 Å². The van der Waals surface area contributed by atoms with Crippen molar-refractivity contribution in [2.24, 2.45) is 5.10 Å². The van der Waals surface area contributed by atoms with Crippen LogP contribution in [-0.4, -0.2) is 68.8 Å². The van der Waals surface area contributed by atoms with Gasteiger partial charge >= 0.3 is 0 Å². The predicted octanol–water partition coefficient (Wildman–Crippen LogP) is 2.26. The molecule has 4 rings (SSSR count). The summed E-state index contributed by atoms with van der Waals surface area (Å²) in [5, 5.41) is 4.29. The molecule has 8 heteroatoms. The van der Waals surface area contributed by atoms with Crippen molar-refractivity contribution in [1.82, 2.24) is 9.97 Å². The molecule has 0 bridgehead atoms. The van der Waals surface area contributed by atoms with Crippen molar-refractivity contribution in [3.8, 4) is 0 Å². The number of nitrogens with zero attached hydrogens (tertiary/aromatic N) is 5. The molecule has 152 valence electrons. The smallest absolute Gasteiger partial charge is 0.229 e. The summed E-state index contributed by atoms with van der Waals surface area (Å²) in [7, 11) is 0. The van der Waals surface area contributed by atoms with Crippen LogP contribution in [0.25, 0.3) is 6.08 Å². The van der Waals surface area contributed by atoms with E-state index in [1.54, 1.807) is 6.21 Å². The molecular formula is C21H26N6O2. The largest absolute Gasteiger partial charge is 0.378 e. The topological polar surface area (TPSA) is 75.1 Å². The summed E-state index contributed by atoms with van der Waals surface area (Å²) >= 11 is 0. The van der Waals surface area contributed by atoms with Gasteiger partial charge in [-0.05, 0) is 11.6 Å². The number of benzene rings is 1. The van der Waals surface area contributed by atoms with Crippen LogP contribution in [0.15, 0.2) is 47.6 Å². The Bertz CT molecular complexity index is 794. The van der Waals surface area contributed by atoms with Crippen LogP contribution in [0.2, 0.25) is 0 Å². The molecule has 29 heavy (non-hydrogen) atoms. The van der Waals surface area contributed by atoms with Crippen molar-refractivity contribution in [2.45, 2.75) is 0 Å². The lowest BCUT2D eigenvalue weighted by atomic mass is 10.2. The van der Waals surface area contributed by atoms with E-state index in [1.807, 2.05) is 48.6 Å². The van der Waals surface area contributed by atoms with Gasteiger partial charge in [-0.25, -0.2) is 0 Å². The zero-order chi connectivity index (χ0) is 19.7. The molecule has 0 radical (unpaired) electrons. The highest BCUT2D eigenvalue weighted by Gasteiger charge is 2.19. The minimum atomic E-state index is 0.673. The molecule has 2 aliphatic heterocycles. The van der Waals surface area contributed by atoms with E-state index in [-0.39, 0.29) is 0 Å². The third kappa shape index (κ3) is 5.52. The molecule has 0 saturated carbocycles. The van der Waals surface area contributed by atoms with E-state index in [1.165, 1.54) is 0 Å². The highest BCUT2D eigenvalue weighted by molar-refractivity contribution is 5.78. The van der Waals surface area contributed by atoms with Gasteiger partial charge in [0.2, 0.25) is 5.95 Å². The molecule has 0 aliphatic carbocycles. The summed E-state index contributed by atoms with van der Waals surface area (Å²) in [6.45, 7) is 6.02. The Labute approximate surface area is 170 Å². The molecule has 1 aromatic heterocycles. The van der Waals surface area contributed by atoms with E-state index in [9.17, 15) is 0 Å². The number of ether oxygens (including phenoxy) is 2. The minimum absolute atomic E-state index is 0.673. The Hall–Kier alpha value is -2.97. The first kappa shape index (κ1) is 19.4. The molecule has 0 amide bonds. The molecule has 2 fully saturated rings. The van der Waals surface area contributed by atoms with Gasteiger partial charge in [-0.3, -0.25) is 5.43 Å². The Balaban J connectivity index is 1.48. The molecule has 1 N–H and O–H groups in total. The predicted molar refractivity (Wildman–Crippen MR) is 116 cm³/mol. The molecule has 8 nitrogen and oxygen atoms in total. The highest BCUT2D eigenvalue weighted by atomic mass is 16.5. The molecule has 0 unspecified atom stereocenters. The normalized spacial score (nSPS) is 17.9. The second-order valence-electron chi connectivity index (χ2n) is 6.77. The van der Waals surface area contributed by atoms with Crippen molar-refractivity contribution in [3.63, 3.8) is 0 Å². The SMILES string of the molecule is C(/C=C/c1ccccc1)=N/Nc1cc(N2CCOCC2)nc(N2CCOCC2)n1. The lowest BCUT2D eigenvalue weighted by Gasteiger charge is -2.31. The van der Waals surface area contributed by atoms with Gasteiger partial charge < -0.3 is 19.3 Å². The van der Waals surface area contributed by atoms with Gasteiger partial charge in [-0.15, -0.1) is 0 Å². The Morgan fingerprint density at radius 3 is 2.31 bits per heavy atom. The summed E-state index contributed by atoms with van der Waals surface area (Å²) in [5.41, 5.74) is 4.17. The Morgan fingerprint density at radius 1 is 0.897 bits per heavy atom. The van der Waals surface area contributed by atoms with Crippen molar-refractivity contribution in [3.05, 3.63) is 48.0 Å². The zero-order valence-corrected chi connectivity index (χ0v) is 16.4. The molecule has 2 aliphatic rings. The third-order valence-corrected chi connectivity index (χ3v) is 4.76. The fraction of sp³-hybridized carbons (Fsp3) is 0.381. The fourth-order valence-corrected chi connectivity index (χ4v) is 3.20. The molecule has 0 spiro atoms. The second-order valence-corrected chi connectivity index (χ2v) is 6.77. The summed E-state index contributed by atoms with van der Waals surface area (Å²) in [6, 6.07) is 12.1. The average molecular weight is 394 g/mol. The Morgan fingerprint density at radius 2 is 1.59 bits per heavy atom. The lowest BCUT2D eigenvalue weighted by Crippen LogP contribution is -2.39. The standard InChI is InChI=1S/C21H26N6O2/c1-2-5-18(6-3-1)7-4-8-22-25-19-17-20(26-9-13-28-14-10-26)24-21(23-19)27-11-15-29-16-12-27/h1-8,17H,9-16H2,(H,23,24,25)/b7-4+,22-8-. The van der Waals surface area contributed by atoms with Gasteiger partial charge in [0.1, 0.15) is 5.82 Å². The number of hydrogen-bond donors (Lipinski definition) is 1. The van der Waals surface area contributed by atoms with Gasteiger partial charge in [-0.1, -0.05) is 36.4 Å². The third-order valence-electron chi connectivity index (χ3n) is 4.76. The van der Waals surface area contributed by atoms with E-state index in [0.717, 1.165) is 37.6 Å². The first-order valence-electron chi connectivity index (χ1n) is 9.94. The summed E-state index contributed by atoms with van der Waals surface area (Å²) in [4.78, 5) is 13.8. The lowest BCUT2D eigenvalue weighted by molar-refractivity contribution is 0.121. The number of hydrazone groups is 1. The van der Waals surface area contributed by atoms with Crippen LogP contribution in [0.5, 0.6) is 0 Å². The van der Waals surface area contributed by atoms with E-state index in [2.05, 4.69) is 25.3 Å². The fourth-order valence-electron chi connectivity index (χ4n) is 3.20. The summed E-state index contributed by atoms with van der Waals surface area (Å²) in [5.74, 6) is 2.27. The molecule has 2 saturated heterocycles. The van der Waals surface area contributed by atoms with Gasteiger partial charge in [0.25, 0.3) is 0 Å². The first-order valence-corrected chi connectivity index (χ1v) is 9.94. The van der Waals surface area contributed by atoms with E-state index >= 15 is 0 Å². The second kappa shape index (κ2) is 9.99. The number of hydrogen-bond acceptors (Lipinski definition) is 8. The van der Waals surface area contributed by atoms with E-state index < -0.39 is 0 Å². The van der Waals surface area contributed by atoms with Gasteiger partial charge in [0.05, 0.1) is 26.4 Å². The van der Waals surface area contributed by atoms with Crippen molar-refractivity contribution in [2.75, 3.05) is 67.8 Å². The summed E-state index contributed by atoms with van der Waals surface area (Å²) < 4.78 is 10.9. The van der Waals surface area contributed by atoms with Crippen molar-refractivity contribution in [1.29, 1.82) is 0 Å². The number of anilines is 3. The van der Waals surface area contributed by atoms with Crippen LogP contribution in [-0.2, 0) is 9.47 Å². The van der Waals surface area contributed by atoms with E-state index in [0.29, 0.717) is 38.2 Å². The number of rotatable bonds is 6. The van der Waals surface area contributed by atoms with Crippen LogP contribution < -0.4 is 15.2 Å². The first-order chi connectivity index (χ1) is 14.4. The number of allylic oxidation sites excluding steroid dienone is 1. The van der Waals surface area contributed by atoms with Crippen LogP contribution in [0.3, 0.4) is 0 Å². The summed E-state index contributed by atoms with van der Waals surface area (Å²) in [6.07, 6.45) is 5.62. The maximum atomic E-state index is 5.47. The van der Waals surface area contributed by atoms with Gasteiger partial charge in [0, 0.05) is 38.5 Å². The van der Waals surface area contributed by atoms with Gasteiger partial charge in [-0.2, -0.15) is 15.1 Å². The van der Waals surface area contributed by atoms with Crippen LogP contribution in [0.4, 0.5) is 17.6 Å². The number of aromatic nitrogens is 2. The van der Waals surface area contributed by atoms with E-state index in [4.69, 9.17) is 14.5 Å². The minimum Gasteiger partial charge on any atom is -0.378 e. The zero-order valence-electron chi connectivity index (χ0n) is 16.4. The molecule has 3 heterocycles. The molecule has 0 atom stereocenters. The van der Waals surface area contributed by atoms with Crippen LogP contribution in [0.1, 0.15) is 5.56 Å². The quantitative estimate of drug-likeness (QED) is 0.595. The molecule has 2 aromatic rings. The van der Waals surface area contributed by atoms with Gasteiger partial charge in [0.15, 0.2) is 5.82 Å². The highest BCUT2D eigenvalue weighted by Crippen LogP contribution is 2.22. The maximum absolute atomic E-state index is 5.47. The maximum Gasteiger partial charge on any atom is 0.229 e. The monoisotopic (exact) mass is 394 g/mol. The van der Waals surface area contributed by atoms with Crippen molar-refractivity contribution >= 4 is 29.9 Å². The molecule has 1 aromatic carbocycles. The number of nitrogens with one attached hydrogen (secondary N) is 1. The molecular weight excluding hydrogens is 368 g/mol. The number of morpholine rings is 2. The Kier molecular flexibility index (Phi) is 6.67.